The van der Waals surface area contributed by atoms with Crippen molar-refractivity contribution in [1.82, 2.24) is 4.90 Å². The highest BCUT2D eigenvalue weighted by Crippen LogP contribution is 2.44. The molecule has 2 aromatic rings. The maximum Gasteiger partial charge on any atom is 0.0634 e. The van der Waals surface area contributed by atoms with Gasteiger partial charge in [0.1, 0.15) is 0 Å². The van der Waals surface area contributed by atoms with Crippen LogP contribution in [0.4, 0.5) is 5.69 Å². The first-order valence-corrected chi connectivity index (χ1v) is 8.14. The minimum Gasteiger partial charge on any atom is -0.377 e. The Morgan fingerprint density at radius 1 is 1.25 bits per heavy atom. The topological polar surface area (TPSA) is 15.3 Å². The highest BCUT2D eigenvalue weighted by Gasteiger charge is 2.32. The van der Waals surface area contributed by atoms with Crippen LogP contribution in [0.1, 0.15) is 29.3 Å². The van der Waals surface area contributed by atoms with E-state index in [2.05, 4.69) is 66.1 Å². The van der Waals surface area contributed by atoms with E-state index < -0.39 is 0 Å². The smallest absolute Gasteiger partial charge is 0.0634 e. The second kappa shape index (κ2) is 5.98. The number of hydrogen-bond donors (Lipinski definition) is 1. The predicted molar refractivity (Wildman–Crippen MR) is 87.2 cm³/mol. The summed E-state index contributed by atoms with van der Waals surface area (Å²) in [4.78, 5) is 3.67. The lowest BCUT2D eigenvalue weighted by Crippen LogP contribution is -2.13. The molecule has 1 aromatic carbocycles. The summed E-state index contributed by atoms with van der Waals surface area (Å²) in [5.74, 6) is 0.811. The molecule has 1 aromatic heterocycles. The average Bonchev–Trinajstić information content (AvgIpc) is 3.10. The molecule has 2 nitrogen and oxygen atoms in total. The Bertz CT molecular complexity index is 544. The lowest BCUT2D eigenvalue weighted by Gasteiger charge is -2.19. The Hall–Kier alpha value is -1.32. The van der Waals surface area contributed by atoms with Crippen LogP contribution < -0.4 is 5.32 Å². The van der Waals surface area contributed by atoms with E-state index in [4.69, 9.17) is 0 Å². The molecule has 1 atom stereocenters. The van der Waals surface area contributed by atoms with Crippen LogP contribution in [-0.4, -0.2) is 19.0 Å². The van der Waals surface area contributed by atoms with E-state index in [1.807, 2.05) is 11.3 Å². The van der Waals surface area contributed by atoms with Gasteiger partial charge in [-0.15, -0.1) is 11.3 Å². The van der Waals surface area contributed by atoms with E-state index in [9.17, 15) is 0 Å². The molecular weight excluding hydrogens is 264 g/mol. The van der Waals surface area contributed by atoms with Gasteiger partial charge in [0.05, 0.1) is 6.04 Å². The number of rotatable bonds is 6. The Balaban J connectivity index is 1.75. The number of nitrogens with one attached hydrogen (secondary N) is 1. The average molecular weight is 286 g/mol. The van der Waals surface area contributed by atoms with Crippen LogP contribution in [-0.2, 0) is 6.54 Å². The number of hydrogen-bond acceptors (Lipinski definition) is 3. The molecule has 0 aliphatic heterocycles. The standard InChI is InChI=1S/C17H22N2S/c1-19(2)12-13-5-3-6-15(11-13)18-17(14-8-9-14)16-7-4-10-20-16/h3-7,10-11,14,17-18H,8-9,12H2,1-2H3. The summed E-state index contributed by atoms with van der Waals surface area (Å²) >= 11 is 1.86. The van der Waals surface area contributed by atoms with Gasteiger partial charge in [0, 0.05) is 17.1 Å². The SMILES string of the molecule is CN(C)Cc1cccc(NC(c2cccs2)C2CC2)c1. The van der Waals surface area contributed by atoms with Gasteiger partial charge in [0.25, 0.3) is 0 Å². The van der Waals surface area contributed by atoms with Crippen molar-refractivity contribution in [2.24, 2.45) is 5.92 Å². The van der Waals surface area contributed by atoms with Crippen molar-refractivity contribution in [2.45, 2.75) is 25.4 Å². The number of anilines is 1. The Morgan fingerprint density at radius 2 is 2.10 bits per heavy atom. The van der Waals surface area contributed by atoms with Gasteiger partial charge >= 0.3 is 0 Å². The molecule has 106 valence electrons. The fraction of sp³-hybridized carbons (Fsp3) is 0.412. The minimum atomic E-state index is 0.490. The van der Waals surface area contributed by atoms with Gasteiger partial charge in [-0.2, -0.15) is 0 Å². The Labute approximate surface area is 125 Å². The fourth-order valence-corrected chi connectivity index (χ4v) is 3.49. The van der Waals surface area contributed by atoms with Crippen molar-refractivity contribution in [1.29, 1.82) is 0 Å². The molecule has 0 amide bonds. The summed E-state index contributed by atoms with van der Waals surface area (Å²) < 4.78 is 0. The highest BCUT2D eigenvalue weighted by atomic mass is 32.1. The summed E-state index contributed by atoms with van der Waals surface area (Å²) in [5, 5.41) is 5.92. The van der Waals surface area contributed by atoms with Crippen LogP contribution in [0.5, 0.6) is 0 Å². The van der Waals surface area contributed by atoms with Gasteiger partial charge in [0.15, 0.2) is 0 Å². The van der Waals surface area contributed by atoms with E-state index in [1.54, 1.807) is 0 Å². The van der Waals surface area contributed by atoms with Gasteiger partial charge in [-0.05, 0) is 62.0 Å². The molecule has 0 spiro atoms. The third-order valence-corrected chi connectivity index (χ3v) is 4.65. The van der Waals surface area contributed by atoms with Gasteiger partial charge in [0.2, 0.25) is 0 Å². The van der Waals surface area contributed by atoms with Gasteiger partial charge < -0.3 is 10.2 Å². The van der Waals surface area contributed by atoms with Crippen LogP contribution in [0.3, 0.4) is 0 Å². The third-order valence-electron chi connectivity index (χ3n) is 3.69. The van der Waals surface area contributed by atoms with Crippen LogP contribution in [0, 0.1) is 5.92 Å². The molecule has 0 radical (unpaired) electrons. The van der Waals surface area contributed by atoms with Crippen LogP contribution >= 0.6 is 11.3 Å². The number of thiophene rings is 1. The van der Waals surface area contributed by atoms with E-state index >= 15 is 0 Å². The summed E-state index contributed by atoms with van der Waals surface area (Å²) in [5.41, 5.74) is 2.61. The van der Waals surface area contributed by atoms with Crippen LogP contribution in [0.15, 0.2) is 41.8 Å². The summed E-state index contributed by atoms with van der Waals surface area (Å²) in [6.07, 6.45) is 2.71. The molecule has 20 heavy (non-hydrogen) atoms. The molecule has 1 aliphatic carbocycles. The summed E-state index contributed by atoms with van der Waals surface area (Å²) in [6.45, 7) is 0.989. The van der Waals surface area contributed by atoms with E-state index in [-0.39, 0.29) is 0 Å². The van der Waals surface area contributed by atoms with Crippen molar-refractivity contribution in [3.63, 3.8) is 0 Å². The van der Waals surface area contributed by atoms with Gasteiger partial charge in [-0.25, -0.2) is 0 Å². The van der Waals surface area contributed by atoms with E-state index in [0.29, 0.717) is 6.04 Å². The normalized spacial score (nSPS) is 16.4. The highest BCUT2D eigenvalue weighted by molar-refractivity contribution is 7.10. The molecule has 1 heterocycles. The quantitative estimate of drug-likeness (QED) is 0.848. The fourth-order valence-electron chi connectivity index (χ4n) is 2.62. The molecule has 1 aliphatic rings. The monoisotopic (exact) mass is 286 g/mol. The van der Waals surface area contributed by atoms with Crippen molar-refractivity contribution in [3.8, 4) is 0 Å². The second-order valence-corrected chi connectivity index (χ2v) is 6.89. The Morgan fingerprint density at radius 3 is 2.75 bits per heavy atom. The molecular formula is C17H22N2S. The molecule has 1 N–H and O–H groups in total. The molecule has 1 fully saturated rings. The zero-order valence-electron chi connectivity index (χ0n) is 12.2. The van der Waals surface area contributed by atoms with Crippen molar-refractivity contribution < 1.29 is 0 Å². The lowest BCUT2D eigenvalue weighted by atomic mass is 10.1. The zero-order valence-corrected chi connectivity index (χ0v) is 13.0. The summed E-state index contributed by atoms with van der Waals surface area (Å²) in [7, 11) is 4.22. The largest absolute Gasteiger partial charge is 0.377 e. The molecule has 0 saturated heterocycles. The van der Waals surface area contributed by atoms with Crippen molar-refractivity contribution in [3.05, 3.63) is 52.2 Å². The van der Waals surface area contributed by atoms with Gasteiger partial charge in [-0.3, -0.25) is 0 Å². The third kappa shape index (κ3) is 3.41. The summed E-state index contributed by atoms with van der Waals surface area (Å²) in [6, 6.07) is 13.7. The molecule has 0 bridgehead atoms. The van der Waals surface area contributed by atoms with Crippen molar-refractivity contribution >= 4 is 17.0 Å². The minimum absolute atomic E-state index is 0.490. The van der Waals surface area contributed by atoms with Crippen molar-refractivity contribution in [2.75, 3.05) is 19.4 Å². The molecule has 3 heteroatoms. The number of benzene rings is 1. The predicted octanol–water partition coefficient (Wildman–Crippen LogP) is 4.37. The van der Waals surface area contributed by atoms with Crippen LogP contribution in [0.2, 0.25) is 0 Å². The van der Waals surface area contributed by atoms with Gasteiger partial charge in [-0.1, -0.05) is 18.2 Å². The second-order valence-electron chi connectivity index (χ2n) is 5.91. The lowest BCUT2D eigenvalue weighted by molar-refractivity contribution is 0.402. The number of nitrogens with zero attached hydrogens (tertiary/aromatic N) is 1. The maximum absolute atomic E-state index is 3.75. The van der Waals surface area contributed by atoms with Crippen LogP contribution in [0.25, 0.3) is 0 Å². The molecule has 1 unspecified atom stereocenters. The molecule has 3 rings (SSSR count). The maximum atomic E-state index is 3.75. The first-order valence-electron chi connectivity index (χ1n) is 7.26. The Kier molecular flexibility index (Phi) is 4.08. The zero-order chi connectivity index (χ0) is 13.9. The van der Waals surface area contributed by atoms with E-state index in [1.165, 1.54) is 29.0 Å². The molecule has 1 saturated carbocycles. The first-order chi connectivity index (χ1) is 9.72. The van der Waals surface area contributed by atoms with E-state index in [0.717, 1.165) is 12.5 Å². The first kappa shape index (κ1) is 13.7.